The van der Waals surface area contributed by atoms with E-state index in [1.54, 1.807) is 19.2 Å². The Hall–Kier alpha value is -1.53. The molecule has 0 bridgehead atoms. The molecule has 3 nitrogen and oxygen atoms in total. The summed E-state index contributed by atoms with van der Waals surface area (Å²) in [6.07, 6.45) is 0. The molecule has 0 spiro atoms. The first-order chi connectivity index (χ1) is 6.29. The van der Waals surface area contributed by atoms with Crippen LogP contribution in [0.4, 0.5) is 0 Å². The first-order valence-corrected chi connectivity index (χ1v) is 3.91. The maximum Gasteiger partial charge on any atom is 0.188 e. The molecule has 3 heteroatoms. The molecule has 0 aliphatic carbocycles. The van der Waals surface area contributed by atoms with Crippen LogP contribution in [0.2, 0.25) is 0 Å². The Kier molecular flexibility index (Phi) is 3.30. The third-order valence-electron chi connectivity index (χ3n) is 1.74. The van der Waals surface area contributed by atoms with Crippen molar-refractivity contribution < 1.29 is 9.47 Å². The number of benzene rings is 1. The number of rotatable bonds is 3. The van der Waals surface area contributed by atoms with Gasteiger partial charge < -0.3 is 9.47 Å². The molecular weight excluding hydrogens is 166 g/mol. The van der Waals surface area contributed by atoms with Gasteiger partial charge in [0.2, 0.25) is 0 Å². The predicted molar refractivity (Wildman–Crippen MR) is 48.4 cm³/mol. The average Bonchev–Trinajstić information content (AvgIpc) is 2.16. The highest BCUT2D eigenvalue weighted by Gasteiger charge is 2.03. The summed E-state index contributed by atoms with van der Waals surface area (Å²) in [5, 5.41) is 8.73. The predicted octanol–water partition coefficient (Wildman–Crippen LogP) is 1.85. The van der Waals surface area contributed by atoms with Crippen LogP contribution in [0.5, 0.6) is 5.75 Å². The zero-order chi connectivity index (χ0) is 9.68. The molecule has 1 aromatic carbocycles. The van der Waals surface area contributed by atoms with Crippen LogP contribution in [0.1, 0.15) is 11.1 Å². The van der Waals surface area contributed by atoms with Crippen molar-refractivity contribution in [3.8, 4) is 11.8 Å². The quantitative estimate of drug-likeness (QED) is 0.661. The highest BCUT2D eigenvalue weighted by Crippen LogP contribution is 2.20. The fourth-order valence-corrected chi connectivity index (χ4v) is 1.01. The van der Waals surface area contributed by atoms with Gasteiger partial charge >= 0.3 is 0 Å². The Labute approximate surface area is 77.5 Å². The lowest BCUT2D eigenvalue weighted by atomic mass is 10.1. The SMILES string of the molecule is COCOc1cccc(C#N)c1C. The van der Waals surface area contributed by atoms with E-state index in [0.717, 1.165) is 5.56 Å². The molecule has 0 saturated heterocycles. The van der Waals surface area contributed by atoms with Crippen molar-refractivity contribution in [1.82, 2.24) is 0 Å². The van der Waals surface area contributed by atoms with Gasteiger partial charge in [-0.05, 0) is 19.1 Å². The fraction of sp³-hybridized carbons (Fsp3) is 0.300. The minimum Gasteiger partial charge on any atom is -0.467 e. The van der Waals surface area contributed by atoms with Gasteiger partial charge in [0.25, 0.3) is 0 Å². The summed E-state index contributed by atoms with van der Waals surface area (Å²) in [4.78, 5) is 0. The molecule has 13 heavy (non-hydrogen) atoms. The lowest BCUT2D eigenvalue weighted by Crippen LogP contribution is -2.00. The Morgan fingerprint density at radius 1 is 1.46 bits per heavy atom. The van der Waals surface area contributed by atoms with Crippen LogP contribution in [-0.2, 0) is 4.74 Å². The van der Waals surface area contributed by atoms with E-state index in [-0.39, 0.29) is 6.79 Å². The van der Waals surface area contributed by atoms with Crippen molar-refractivity contribution in [3.05, 3.63) is 29.3 Å². The Bertz CT molecular complexity index is 328. The topological polar surface area (TPSA) is 42.2 Å². The third kappa shape index (κ3) is 2.20. The second kappa shape index (κ2) is 4.48. The normalized spacial score (nSPS) is 9.31. The molecule has 0 amide bonds. The van der Waals surface area contributed by atoms with Gasteiger partial charge in [0.1, 0.15) is 5.75 Å². The first-order valence-electron chi connectivity index (χ1n) is 3.91. The van der Waals surface area contributed by atoms with Gasteiger partial charge in [0.05, 0.1) is 11.6 Å². The van der Waals surface area contributed by atoms with Crippen molar-refractivity contribution in [1.29, 1.82) is 5.26 Å². The number of hydrogen-bond acceptors (Lipinski definition) is 3. The summed E-state index contributed by atoms with van der Waals surface area (Å²) >= 11 is 0. The van der Waals surface area contributed by atoms with Crippen molar-refractivity contribution in [2.75, 3.05) is 13.9 Å². The number of ether oxygens (including phenoxy) is 2. The molecule has 0 aliphatic rings. The highest BCUT2D eigenvalue weighted by molar-refractivity contribution is 5.45. The van der Waals surface area contributed by atoms with Gasteiger partial charge in [0.15, 0.2) is 6.79 Å². The molecule has 0 radical (unpaired) electrons. The molecule has 0 saturated carbocycles. The molecule has 0 atom stereocenters. The zero-order valence-corrected chi connectivity index (χ0v) is 7.70. The lowest BCUT2D eigenvalue weighted by Gasteiger charge is -2.07. The first kappa shape index (κ1) is 9.56. The fourth-order valence-electron chi connectivity index (χ4n) is 1.01. The molecule has 0 unspecified atom stereocenters. The van der Waals surface area contributed by atoms with Crippen LogP contribution >= 0.6 is 0 Å². The molecule has 1 rings (SSSR count). The molecule has 0 aromatic heterocycles. The maximum atomic E-state index is 8.73. The Morgan fingerprint density at radius 2 is 2.23 bits per heavy atom. The molecule has 0 aliphatic heterocycles. The summed E-state index contributed by atoms with van der Waals surface area (Å²) in [5.41, 5.74) is 1.48. The third-order valence-corrected chi connectivity index (χ3v) is 1.74. The van der Waals surface area contributed by atoms with Gasteiger partial charge in [-0.1, -0.05) is 6.07 Å². The summed E-state index contributed by atoms with van der Waals surface area (Å²) in [6, 6.07) is 7.45. The second-order valence-corrected chi connectivity index (χ2v) is 2.59. The monoisotopic (exact) mass is 177 g/mol. The van der Waals surface area contributed by atoms with Crippen LogP contribution in [-0.4, -0.2) is 13.9 Å². The molecule has 68 valence electrons. The Morgan fingerprint density at radius 3 is 2.85 bits per heavy atom. The summed E-state index contributed by atoms with van der Waals surface area (Å²) in [5.74, 6) is 0.695. The van der Waals surface area contributed by atoms with Crippen LogP contribution in [0.25, 0.3) is 0 Å². The van der Waals surface area contributed by atoms with Gasteiger partial charge in [-0.2, -0.15) is 5.26 Å². The van der Waals surface area contributed by atoms with Gasteiger partial charge in [-0.15, -0.1) is 0 Å². The zero-order valence-electron chi connectivity index (χ0n) is 7.70. The van der Waals surface area contributed by atoms with Gasteiger partial charge in [0, 0.05) is 12.7 Å². The standard InChI is InChI=1S/C10H11NO2/c1-8-9(6-11)4-3-5-10(8)13-7-12-2/h3-5H,7H2,1-2H3. The summed E-state index contributed by atoms with van der Waals surface area (Å²) in [6.45, 7) is 2.05. The molecular formula is C10H11NO2. The van der Waals surface area contributed by atoms with Crippen molar-refractivity contribution >= 4 is 0 Å². The van der Waals surface area contributed by atoms with E-state index in [2.05, 4.69) is 6.07 Å². The smallest absolute Gasteiger partial charge is 0.188 e. The second-order valence-electron chi connectivity index (χ2n) is 2.59. The van der Waals surface area contributed by atoms with E-state index in [1.807, 2.05) is 13.0 Å². The molecule has 0 fully saturated rings. The van der Waals surface area contributed by atoms with Crippen LogP contribution in [0, 0.1) is 18.3 Å². The van der Waals surface area contributed by atoms with Crippen molar-refractivity contribution in [2.24, 2.45) is 0 Å². The molecule has 1 aromatic rings. The number of nitriles is 1. The van der Waals surface area contributed by atoms with Crippen molar-refractivity contribution in [3.63, 3.8) is 0 Å². The van der Waals surface area contributed by atoms with E-state index in [9.17, 15) is 0 Å². The summed E-state index contributed by atoms with van der Waals surface area (Å²) in [7, 11) is 1.56. The van der Waals surface area contributed by atoms with Gasteiger partial charge in [-0.3, -0.25) is 0 Å². The van der Waals surface area contributed by atoms with Crippen LogP contribution in [0.15, 0.2) is 18.2 Å². The van der Waals surface area contributed by atoms with E-state index >= 15 is 0 Å². The number of methoxy groups -OCH3 is 1. The van der Waals surface area contributed by atoms with Crippen LogP contribution < -0.4 is 4.74 Å². The van der Waals surface area contributed by atoms with Crippen molar-refractivity contribution in [2.45, 2.75) is 6.92 Å². The molecule has 0 heterocycles. The maximum absolute atomic E-state index is 8.73. The molecule has 0 N–H and O–H groups in total. The number of hydrogen-bond donors (Lipinski definition) is 0. The Balaban J connectivity index is 2.90. The van der Waals surface area contributed by atoms with E-state index < -0.39 is 0 Å². The minimum atomic E-state index is 0.204. The van der Waals surface area contributed by atoms with E-state index in [4.69, 9.17) is 14.7 Å². The minimum absolute atomic E-state index is 0.204. The van der Waals surface area contributed by atoms with E-state index in [0.29, 0.717) is 11.3 Å². The average molecular weight is 177 g/mol. The van der Waals surface area contributed by atoms with Crippen LogP contribution in [0.3, 0.4) is 0 Å². The lowest BCUT2D eigenvalue weighted by molar-refractivity contribution is 0.0506. The van der Waals surface area contributed by atoms with E-state index in [1.165, 1.54) is 0 Å². The number of nitrogens with zero attached hydrogens (tertiary/aromatic N) is 1. The highest BCUT2D eigenvalue weighted by atomic mass is 16.7. The van der Waals surface area contributed by atoms with Gasteiger partial charge in [-0.25, -0.2) is 0 Å². The summed E-state index contributed by atoms with van der Waals surface area (Å²) < 4.78 is 10.0. The largest absolute Gasteiger partial charge is 0.467 e.